The van der Waals surface area contributed by atoms with Crippen molar-refractivity contribution < 1.29 is 13.9 Å². The van der Waals surface area contributed by atoms with E-state index in [2.05, 4.69) is 0 Å². The number of ether oxygens (including phenoxy) is 1. The van der Waals surface area contributed by atoms with Crippen LogP contribution in [0.1, 0.15) is 64.7 Å². The van der Waals surface area contributed by atoms with Gasteiger partial charge in [0.25, 0.3) is 0 Å². The van der Waals surface area contributed by atoms with Crippen LogP contribution in [0.4, 0.5) is 4.39 Å². The van der Waals surface area contributed by atoms with E-state index in [0.717, 1.165) is 51.4 Å². The fourth-order valence-corrected chi connectivity index (χ4v) is 3.08. The molecule has 0 heterocycles. The summed E-state index contributed by atoms with van der Waals surface area (Å²) in [6.45, 7) is 1.41. The number of hydrogen-bond donors (Lipinski definition) is 0. The van der Waals surface area contributed by atoms with Crippen LogP contribution in [0.5, 0.6) is 0 Å². The van der Waals surface area contributed by atoms with Gasteiger partial charge in [-0.15, -0.1) is 0 Å². The second-order valence-electron chi connectivity index (χ2n) is 5.72. The minimum Gasteiger partial charge on any atom is -0.460 e. The maximum absolute atomic E-state index is 14.5. The summed E-state index contributed by atoms with van der Waals surface area (Å²) in [4.78, 5) is 11.9. The summed E-state index contributed by atoms with van der Waals surface area (Å²) in [5.74, 6) is -0.741. The molecule has 0 N–H and O–H groups in total. The molecule has 17 heavy (non-hydrogen) atoms. The van der Waals surface area contributed by atoms with Gasteiger partial charge in [0.15, 0.2) is 0 Å². The van der Waals surface area contributed by atoms with Crippen molar-refractivity contribution in [3.8, 4) is 0 Å². The highest BCUT2D eigenvalue weighted by Crippen LogP contribution is 2.38. The highest BCUT2D eigenvalue weighted by molar-refractivity contribution is 5.79. The van der Waals surface area contributed by atoms with E-state index in [1.54, 1.807) is 0 Å². The number of halogens is 1. The summed E-state index contributed by atoms with van der Waals surface area (Å²) in [6.07, 6.45) is 8.94. The van der Waals surface area contributed by atoms with Crippen LogP contribution in [-0.2, 0) is 9.53 Å². The molecule has 0 bridgehead atoms. The van der Waals surface area contributed by atoms with Crippen molar-refractivity contribution in [2.24, 2.45) is 5.92 Å². The Hall–Kier alpha value is -0.600. The van der Waals surface area contributed by atoms with Crippen LogP contribution >= 0.6 is 0 Å². The second kappa shape index (κ2) is 5.36. The first kappa shape index (κ1) is 12.8. The van der Waals surface area contributed by atoms with E-state index in [1.807, 2.05) is 0 Å². The van der Waals surface area contributed by atoms with Crippen molar-refractivity contribution in [1.82, 2.24) is 0 Å². The minimum atomic E-state index is -1.77. The Morgan fingerprint density at radius 3 is 2.18 bits per heavy atom. The number of carbonyl (C=O) groups is 1. The van der Waals surface area contributed by atoms with E-state index >= 15 is 0 Å². The monoisotopic (exact) mass is 242 g/mol. The first-order valence-electron chi connectivity index (χ1n) is 7.00. The third-order valence-corrected chi connectivity index (χ3v) is 4.35. The molecule has 3 heteroatoms. The molecule has 98 valence electrons. The van der Waals surface area contributed by atoms with Crippen molar-refractivity contribution in [2.45, 2.75) is 76.5 Å². The smallest absolute Gasteiger partial charge is 0.344 e. The Bertz CT molecular complexity index is 263. The Balaban J connectivity index is 1.88. The maximum atomic E-state index is 14.5. The second-order valence-corrected chi connectivity index (χ2v) is 5.72. The summed E-state index contributed by atoms with van der Waals surface area (Å²) in [5.41, 5.74) is -1.77. The number of esters is 1. The lowest BCUT2D eigenvalue weighted by molar-refractivity contribution is -0.167. The summed E-state index contributed by atoms with van der Waals surface area (Å²) < 4.78 is 19.8. The van der Waals surface area contributed by atoms with Crippen molar-refractivity contribution in [3.63, 3.8) is 0 Å². The molecular formula is C14H23FO2. The van der Waals surface area contributed by atoms with Crippen molar-refractivity contribution in [2.75, 3.05) is 0 Å². The first-order valence-corrected chi connectivity index (χ1v) is 7.00. The molecule has 2 fully saturated rings. The fraction of sp³-hybridized carbons (Fsp3) is 0.929. The molecule has 0 aromatic rings. The summed E-state index contributed by atoms with van der Waals surface area (Å²) in [6, 6.07) is 0. The van der Waals surface area contributed by atoms with E-state index < -0.39 is 11.6 Å². The molecule has 0 amide bonds. The van der Waals surface area contributed by atoms with Gasteiger partial charge in [0.1, 0.15) is 6.10 Å². The SMILES string of the molecule is CC(F)(C(=O)OC1CCCCC1)C1CCCC1. The van der Waals surface area contributed by atoms with Gasteiger partial charge in [-0.1, -0.05) is 19.3 Å². The molecule has 0 spiro atoms. The summed E-state index contributed by atoms with van der Waals surface area (Å²) in [7, 11) is 0. The molecule has 0 saturated heterocycles. The van der Waals surface area contributed by atoms with Gasteiger partial charge >= 0.3 is 5.97 Å². The molecule has 1 atom stereocenters. The van der Waals surface area contributed by atoms with Crippen LogP contribution in [0.2, 0.25) is 0 Å². The van der Waals surface area contributed by atoms with E-state index in [1.165, 1.54) is 13.3 Å². The average Bonchev–Trinajstić information content (AvgIpc) is 2.84. The first-order chi connectivity index (χ1) is 8.10. The van der Waals surface area contributed by atoms with Crippen LogP contribution in [0, 0.1) is 5.92 Å². The predicted molar refractivity (Wildman–Crippen MR) is 64.4 cm³/mol. The zero-order chi connectivity index (χ0) is 12.3. The van der Waals surface area contributed by atoms with E-state index in [9.17, 15) is 9.18 Å². The number of rotatable bonds is 3. The van der Waals surface area contributed by atoms with Crippen LogP contribution in [0.25, 0.3) is 0 Å². The van der Waals surface area contributed by atoms with E-state index in [4.69, 9.17) is 4.74 Å². The quantitative estimate of drug-likeness (QED) is 0.704. The van der Waals surface area contributed by atoms with Gasteiger partial charge in [0.2, 0.25) is 5.67 Å². The normalized spacial score (nSPS) is 26.7. The standard InChI is InChI=1S/C14H23FO2/c1-14(15,11-7-5-6-8-11)13(16)17-12-9-3-2-4-10-12/h11-12H,2-10H2,1H3. The van der Waals surface area contributed by atoms with Gasteiger partial charge in [-0.2, -0.15) is 0 Å². The molecular weight excluding hydrogens is 219 g/mol. The van der Waals surface area contributed by atoms with Crippen LogP contribution < -0.4 is 0 Å². The van der Waals surface area contributed by atoms with Gasteiger partial charge in [-0.25, -0.2) is 9.18 Å². The minimum absolute atomic E-state index is 0.0345. The largest absolute Gasteiger partial charge is 0.460 e. The van der Waals surface area contributed by atoms with Gasteiger partial charge in [0.05, 0.1) is 0 Å². The van der Waals surface area contributed by atoms with Gasteiger partial charge < -0.3 is 4.74 Å². The summed E-state index contributed by atoms with van der Waals surface area (Å²) >= 11 is 0. The zero-order valence-corrected chi connectivity index (χ0v) is 10.7. The molecule has 2 saturated carbocycles. The molecule has 0 aromatic carbocycles. The molecule has 1 unspecified atom stereocenters. The third kappa shape index (κ3) is 2.99. The topological polar surface area (TPSA) is 26.3 Å². The molecule has 2 aliphatic carbocycles. The predicted octanol–water partition coefficient (Wildman–Crippen LogP) is 3.78. The molecule has 0 aromatic heterocycles. The lowest BCUT2D eigenvalue weighted by Gasteiger charge is -2.29. The van der Waals surface area contributed by atoms with Gasteiger partial charge in [-0.3, -0.25) is 0 Å². The van der Waals surface area contributed by atoms with Crippen molar-refractivity contribution >= 4 is 5.97 Å². The Labute approximate surface area is 103 Å². The zero-order valence-electron chi connectivity index (χ0n) is 10.7. The summed E-state index contributed by atoms with van der Waals surface area (Å²) in [5, 5.41) is 0. The van der Waals surface area contributed by atoms with E-state index in [-0.39, 0.29) is 12.0 Å². The van der Waals surface area contributed by atoms with Crippen LogP contribution in [0.15, 0.2) is 0 Å². The van der Waals surface area contributed by atoms with Gasteiger partial charge in [-0.05, 0) is 45.4 Å². The molecule has 0 radical (unpaired) electrons. The Morgan fingerprint density at radius 1 is 1.06 bits per heavy atom. The Morgan fingerprint density at radius 2 is 1.59 bits per heavy atom. The molecule has 2 aliphatic rings. The molecule has 0 aliphatic heterocycles. The average molecular weight is 242 g/mol. The van der Waals surface area contributed by atoms with Gasteiger partial charge in [0, 0.05) is 5.92 Å². The highest BCUT2D eigenvalue weighted by Gasteiger charge is 2.45. The maximum Gasteiger partial charge on any atom is 0.344 e. The fourth-order valence-electron chi connectivity index (χ4n) is 3.08. The molecule has 2 nitrogen and oxygen atoms in total. The van der Waals surface area contributed by atoms with Crippen molar-refractivity contribution in [3.05, 3.63) is 0 Å². The van der Waals surface area contributed by atoms with Crippen LogP contribution in [0.3, 0.4) is 0 Å². The lowest BCUT2D eigenvalue weighted by atomic mass is 9.89. The Kier molecular flexibility index (Phi) is 4.05. The number of hydrogen-bond acceptors (Lipinski definition) is 2. The third-order valence-electron chi connectivity index (χ3n) is 4.35. The van der Waals surface area contributed by atoms with Crippen LogP contribution in [-0.4, -0.2) is 17.7 Å². The van der Waals surface area contributed by atoms with E-state index in [0.29, 0.717) is 0 Å². The molecule has 2 rings (SSSR count). The highest BCUT2D eigenvalue weighted by atomic mass is 19.1. The number of carbonyl (C=O) groups excluding carboxylic acids is 1. The number of alkyl halides is 1. The lowest BCUT2D eigenvalue weighted by Crippen LogP contribution is -2.41. The van der Waals surface area contributed by atoms with Crippen molar-refractivity contribution in [1.29, 1.82) is 0 Å².